The van der Waals surface area contributed by atoms with Gasteiger partial charge in [-0.25, -0.2) is 4.98 Å². The van der Waals surface area contributed by atoms with E-state index >= 15 is 0 Å². The monoisotopic (exact) mass is 253 g/mol. The molecule has 0 radical (unpaired) electrons. The molecule has 0 atom stereocenters. The highest BCUT2D eigenvalue weighted by Crippen LogP contribution is 2.05. The van der Waals surface area contributed by atoms with Gasteiger partial charge in [-0.2, -0.15) is 0 Å². The third-order valence-corrected chi connectivity index (χ3v) is 2.70. The second-order valence-corrected chi connectivity index (χ2v) is 4.37. The molecule has 0 unspecified atom stereocenters. The van der Waals surface area contributed by atoms with Gasteiger partial charge in [-0.1, -0.05) is 6.92 Å². The number of carbonyl (C=O) groups is 1. The number of aromatic nitrogens is 2. The van der Waals surface area contributed by atoms with Gasteiger partial charge in [0.05, 0.1) is 25.0 Å². The largest absolute Gasteiger partial charge is 0.466 e. The molecular formula is C13H23N3O2. The Bertz CT molecular complexity index is 363. The summed E-state index contributed by atoms with van der Waals surface area (Å²) < 4.78 is 7.06. The Hall–Kier alpha value is -1.36. The fourth-order valence-electron chi connectivity index (χ4n) is 1.79. The summed E-state index contributed by atoms with van der Waals surface area (Å²) in [7, 11) is 2.00. The average molecular weight is 253 g/mol. The van der Waals surface area contributed by atoms with Crippen LogP contribution in [0, 0.1) is 0 Å². The van der Waals surface area contributed by atoms with Gasteiger partial charge in [0, 0.05) is 25.8 Å². The third kappa shape index (κ3) is 4.87. The van der Waals surface area contributed by atoms with E-state index in [2.05, 4.69) is 21.4 Å². The number of hydrogen-bond donors (Lipinski definition) is 0. The van der Waals surface area contributed by atoms with E-state index < -0.39 is 0 Å². The molecule has 0 saturated carbocycles. The fraction of sp³-hybridized carbons (Fsp3) is 0.692. The first-order valence-electron chi connectivity index (χ1n) is 6.50. The molecule has 0 aromatic carbocycles. The summed E-state index contributed by atoms with van der Waals surface area (Å²) in [5.41, 5.74) is 1.18. The molecule has 102 valence electrons. The van der Waals surface area contributed by atoms with Crippen molar-refractivity contribution in [1.29, 1.82) is 0 Å². The molecule has 0 aliphatic carbocycles. The molecular weight excluding hydrogens is 230 g/mol. The van der Waals surface area contributed by atoms with Gasteiger partial charge in [0.2, 0.25) is 0 Å². The highest BCUT2D eigenvalue weighted by atomic mass is 16.5. The van der Waals surface area contributed by atoms with Crippen LogP contribution in [0.5, 0.6) is 0 Å². The van der Waals surface area contributed by atoms with Crippen molar-refractivity contribution in [3.05, 3.63) is 18.2 Å². The molecule has 0 fully saturated rings. The smallest absolute Gasteiger partial charge is 0.307 e. The second kappa shape index (κ2) is 7.87. The minimum atomic E-state index is -0.133. The van der Waals surface area contributed by atoms with Crippen molar-refractivity contribution in [2.45, 2.75) is 39.8 Å². The molecule has 18 heavy (non-hydrogen) atoms. The molecule has 0 bridgehead atoms. The lowest BCUT2D eigenvalue weighted by Crippen LogP contribution is -2.23. The average Bonchev–Trinajstić information content (AvgIpc) is 2.75. The van der Waals surface area contributed by atoms with Crippen molar-refractivity contribution in [3.8, 4) is 0 Å². The summed E-state index contributed by atoms with van der Waals surface area (Å²) >= 11 is 0. The summed E-state index contributed by atoms with van der Waals surface area (Å²) in [4.78, 5) is 17.5. The van der Waals surface area contributed by atoms with Crippen LogP contribution in [-0.4, -0.2) is 40.6 Å². The fourth-order valence-corrected chi connectivity index (χ4v) is 1.79. The van der Waals surface area contributed by atoms with Crippen molar-refractivity contribution < 1.29 is 9.53 Å². The topological polar surface area (TPSA) is 47.4 Å². The Labute approximate surface area is 109 Å². The van der Waals surface area contributed by atoms with Crippen LogP contribution in [-0.2, 0) is 22.6 Å². The molecule has 1 aromatic heterocycles. The number of ether oxygens (including phenoxy) is 1. The predicted molar refractivity (Wildman–Crippen MR) is 70.1 cm³/mol. The quantitative estimate of drug-likeness (QED) is 0.661. The Balaban J connectivity index is 2.37. The van der Waals surface area contributed by atoms with Crippen LogP contribution in [0.25, 0.3) is 0 Å². The van der Waals surface area contributed by atoms with Gasteiger partial charge in [-0.15, -0.1) is 0 Å². The number of rotatable bonds is 8. The van der Waals surface area contributed by atoms with Gasteiger partial charge in [0.15, 0.2) is 0 Å². The molecule has 0 aliphatic heterocycles. The number of carbonyl (C=O) groups excluding carboxylic acids is 1. The van der Waals surface area contributed by atoms with E-state index in [-0.39, 0.29) is 5.97 Å². The number of esters is 1. The van der Waals surface area contributed by atoms with E-state index in [4.69, 9.17) is 4.74 Å². The zero-order valence-corrected chi connectivity index (χ0v) is 11.6. The summed E-state index contributed by atoms with van der Waals surface area (Å²) in [6, 6.07) is 0. The van der Waals surface area contributed by atoms with Crippen LogP contribution < -0.4 is 0 Å². The molecule has 1 rings (SSSR count). The first-order valence-corrected chi connectivity index (χ1v) is 6.50. The Morgan fingerprint density at radius 3 is 2.94 bits per heavy atom. The summed E-state index contributed by atoms with van der Waals surface area (Å²) in [5.74, 6) is -0.133. The standard InChI is InChI=1S/C13H23N3O2/c1-4-7-16-11-14-9-12(16)10-15(3)8-6-13(17)18-5-2/h9,11H,4-8,10H2,1-3H3. The first kappa shape index (κ1) is 14.7. The molecule has 0 saturated heterocycles. The van der Waals surface area contributed by atoms with Gasteiger partial charge in [0.1, 0.15) is 0 Å². The highest BCUT2D eigenvalue weighted by Gasteiger charge is 2.08. The molecule has 0 amide bonds. The summed E-state index contributed by atoms with van der Waals surface area (Å²) in [5, 5.41) is 0. The molecule has 5 heteroatoms. The van der Waals surface area contributed by atoms with Crippen LogP contribution in [0.2, 0.25) is 0 Å². The van der Waals surface area contributed by atoms with Crippen LogP contribution in [0.15, 0.2) is 12.5 Å². The number of hydrogen-bond acceptors (Lipinski definition) is 4. The van der Waals surface area contributed by atoms with Gasteiger partial charge in [-0.3, -0.25) is 9.69 Å². The van der Waals surface area contributed by atoms with Gasteiger partial charge in [0.25, 0.3) is 0 Å². The summed E-state index contributed by atoms with van der Waals surface area (Å²) in [6.07, 6.45) is 5.27. The Kier molecular flexibility index (Phi) is 6.43. The normalized spacial score (nSPS) is 10.9. The van der Waals surface area contributed by atoms with Gasteiger partial charge >= 0.3 is 5.97 Å². The number of aryl methyl sites for hydroxylation is 1. The van der Waals surface area contributed by atoms with Crippen molar-refractivity contribution in [2.75, 3.05) is 20.2 Å². The zero-order chi connectivity index (χ0) is 13.4. The maximum atomic E-state index is 11.3. The van der Waals surface area contributed by atoms with Crippen molar-refractivity contribution in [2.24, 2.45) is 0 Å². The predicted octanol–water partition coefficient (Wildman–Crippen LogP) is 1.68. The van der Waals surface area contributed by atoms with Crippen LogP contribution in [0.1, 0.15) is 32.4 Å². The minimum Gasteiger partial charge on any atom is -0.466 e. The maximum Gasteiger partial charge on any atom is 0.307 e. The van der Waals surface area contributed by atoms with Crippen molar-refractivity contribution in [3.63, 3.8) is 0 Å². The summed E-state index contributed by atoms with van der Waals surface area (Å²) in [6.45, 7) is 6.92. The molecule has 1 heterocycles. The minimum absolute atomic E-state index is 0.133. The van der Waals surface area contributed by atoms with Gasteiger partial charge < -0.3 is 9.30 Å². The molecule has 5 nitrogen and oxygen atoms in total. The van der Waals surface area contributed by atoms with E-state index in [1.54, 1.807) is 0 Å². The molecule has 0 N–H and O–H groups in total. The van der Waals surface area contributed by atoms with Crippen molar-refractivity contribution in [1.82, 2.24) is 14.5 Å². The molecule has 1 aromatic rings. The maximum absolute atomic E-state index is 11.3. The van der Waals surface area contributed by atoms with Crippen LogP contribution in [0.3, 0.4) is 0 Å². The van der Waals surface area contributed by atoms with E-state index in [1.165, 1.54) is 5.69 Å². The van der Waals surface area contributed by atoms with E-state index in [0.717, 1.165) is 19.5 Å². The lowest BCUT2D eigenvalue weighted by Gasteiger charge is -2.17. The Morgan fingerprint density at radius 2 is 2.28 bits per heavy atom. The first-order chi connectivity index (χ1) is 8.67. The van der Waals surface area contributed by atoms with Crippen molar-refractivity contribution >= 4 is 5.97 Å². The molecule has 0 spiro atoms. The Morgan fingerprint density at radius 1 is 1.50 bits per heavy atom. The highest BCUT2D eigenvalue weighted by molar-refractivity contribution is 5.69. The van der Waals surface area contributed by atoms with Gasteiger partial charge in [-0.05, 0) is 20.4 Å². The van der Waals surface area contributed by atoms with E-state index in [1.807, 2.05) is 26.5 Å². The van der Waals surface area contributed by atoms with E-state index in [9.17, 15) is 4.79 Å². The molecule has 0 aliphatic rings. The van der Waals surface area contributed by atoms with Crippen LogP contribution >= 0.6 is 0 Å². The zero-order valence-electron chi connectivity index (χ0n) is 11.6. The van der Waals surface area contributed by atoms with E-state index in [0.29, 0.717) is 19.6 Å². The number of imidazole rings is 1. The lowest BCUT2D eigenvalue weighted by atomic mass is 10.3. The SMILES string of the molecule is CCCn1cncc1CN(C)CCC(=O)OCC. The van der Waals surface area contributed by atoms with Crippen LogP contribution in [0.4, 0.5) is 0 Å². The second-order valence-electron chi connectivity index (χ2n) is 4.37. The third-order valence-electron chi connectivity index (χ3n) is 2.70. The lowest BCUT2D eigenvalue weighted by molar-refractivity contribution is -0.143. The number of nitrogens with zero attached hydrogens (tertiary/aromatic N) is 3.